The molecule has 0 aliphatic carbocycles. The maximum absolute atomic E-state index is 6.23. The van der Waals surface area contributed by atoms with Crippen molar-refractivity contribution in [2.24, 2.45) is 0 Å². The maximum Gasteiger partial charge on any atom is 0.155 e. The number of hydrogen-bond acceptors (Lipinski definition) is 3. The molecule has 0 N–H and O–H groups in total. The van der Waals surface area contributed by atoms with Crippen LogP contribution < -0.4 is 4.74 Å². The standard InChI is InChI=1S/C15H11BrClN3O/c1-21-12-5-2-10(3-6-12)14-15(17)19-9-20(14)13-7-4-11(16)8-18-13/h2-9H,1H3. The van der Waals surface area contributed by atoms with E-state index in [-0.39, 0.29) is 0 Å². The van der Waals surface area contributed by atoms with Gasteiger partial charge in [-0.05, 0) is 52.3 Å². The first kappa shape index (κ1) is 14.1. The van der Waals surface area contributed by atoms with E-state index in [9.17, 15) is 0 Å². The van der Waals surface area contributed by atoms with Crippen LogP contribution in [0.2, 0.25) is 5.15 Å². The number of hydrogen-bond donors (Lipinski definition) is 0. The fourth-order valence-electron chi connectivity index (χ4n) is 2.02. The summed E-state index contributed by atoms with van der Waals surface area (Å²) in [6.07, 6.45) is 3.40. The molecule has 6 heteroatoms. The summed E-state index contributed by atoms with van der Waals surface area (Å²) in [5.74, 6) is 1.55. The van der Waals surface area contributed by atoms with Crippen LogP contribution in [-0.4, -0.2) is 21.6 Å². The van der Waals surface area contributed by atoms with E-state index in [1.807, 2.05) is 41.0 Å². The Hall–Kier alpha value is -1.85. The monoisotopic (exact) mass is 363 g/mol. The molecule has 0 aliphatic heterocycles. The highest BCUT2D eigenvalue weighted by molar-refractivity contribution is 9.10. The average molecular weight is 365 g/mol. The van der Waals surface area contributed by atoms with Crippen LogP contribution in [0.5, 0.6) is 5.75 Å². The summed E-state index contributed by atoms with van der Waals surface area (Å²) in [4.78, 5) is 8.55. The lowest BCUT2D eigenvalue weighted by Gasteiger charge is -2.08. The SMILES string of the molecule is COc1ccc(-c2c(Cl)ncn2-c2ccc(Br)cn2)cc1. The minimum atomic E-state index is 0.435. The molecule has 0 aliphatic rings. The second kappa shape index (κ2) is 5.87. The maximum atomic E-state index is 6.23. The summed E-state index contributed by atoms with van der Waals surface area (Å²) >= 11 is 9.61. The molecule has 0 bridgehead atoms. The number of imidazole rings is 1. The molecule has 1 aromatic carbocycles. The van der Waals surface area contributed by atoms with Crippen molar-refractivity contribution in [3.63, 3.8) is 0 Å². The number of halogens is 2. The van der Waals surface area contributed by atoms with E-state index in [1.165, 1.54) is 0 Å². The lowest BCUT2D eigenvalue weighted by atomic mass is 10.1. The van der Waals surface area contributed by atoms with E-state index in [4.69, 9.17) is 16.3 Å². The Kier molecular flexibility index (Phi) is 3.94. The zero-order chi connectivity index (χ0) is 14.8. The molecule has 0 fully saturated rings. The molecule has 2 heterocycles. The predicted octanol–water partition coefficient (Wildman–Crippen LogP) is 4.36. The molecule has 0 atom stereocenters. The Balaban J connectivity index is 2.09. The second-order valence-electron chi connectivity index (χ2n) is 4.32. The molecule has 0 unspecified atom stereocenters. The molecule has 2 aromatic heterocycles. The van der Waals surface area contributed by atoms with Crippen molar-refractivity contribution in [2.45, 2.75) is 0 Å². The molecular weight excluding hydrogens is 354 g/mol. The highest BCUT2D eigenvalue weighted by Crippen LogP contribution is 2.30. The smallest absolute Gasteiger partial charge is 0.155 e. The molecule has 0 amide bonds. The summed E-state index contributed by atoms with van der Waals surface area (Å²) in [6.45, 7) is 0. The first-order valence-corrected chi connectivity index (χ1v) is 7.35. The van der Waals surface area contributed by atoms with Crippen molar-refractivity contribution in [2.75, 3.05) is 7.11 Å². The Morgan fingerprint density at radius 2 is 1.86 bits per heavy atom. The van der Waals surface area contributed by atoms with Crippen LogP contribution in [0.4, 0.5) is 0 Å². The topological polar surface area (TPSA) is 39.9 Å². The Bertz CT molecular complexity index is 754. The van der Waals surface area contributed by atoms with Crippen molar-refractivity contribution < 1.29 is 4.74 Å². The largest absolute Gasteiger partial charge is 0.497 e. The van der Waals surface area contributed by atoms with Gasteiger partial charge < -0.3 is 4.74 Å². The Labute approximate surface area is 135 Å². The number of aromatic nitrogens is 3. The summed E-state index contributed by atoms with van der Waals surface area (Å²) < 4.78 is 7.95. The summed E-state index contributed by atoms with van der Waals surface area (Å²) in [6, 6.07) is 11.5. The van der Waals surface area contributed by atoms with Crippen molar-refractivity contribution in [1.82, 2.24) is 14.5 Å². The first-order valence-electron chi connectivity index (χ1n) is 6.18. The Morgan fingerprint density at radius 1 is 1.10 bits per heavy atom. The molecule has 21 heavy (non-hydrogen) atoms. The fraction of sp³-hybridized carbons (Fsp3) is 0.0667. The van der Waals surface area contributed by atoms with E-state index in [1.54, 1.807) is 19.6 Å². The lowest BCUT2D eigenvalue weighted by molar-refractivity contribution is 0.415. The fourth-order valence-corrected chi connectivity index (χ4v) is 2.50. The highest BCUT2D eigenvalue weighted by Gasteiger charge is 2.13. The van der Waals surface area contributed by atoms with Crippen LogP contribution in [-0.2, 0) is 0 Å². The van der Waals surface area contributed by atoms with Crippen molar-refractivity contribution in [3.8, 4) is 22.8 Å². The molecule has 0 spiro atoms. The minimum Gasteiger partial charge on any atom is -0.497 e. The highest BCUT2D eigenvalue weighted by atomic mass is 79.9. The molecular formula is C15H11BrClN3O. The first-order chi connectivity index (χ1) is 10.2. The van der Waals surface area contributed by atoms with Crippen LogP contribution in [0, 0.1) is 0 Å². The van der Waals surface area contributed by atoms with Gasteiger partial charge in [0.25, 0.3) is 0 Å². The number of nitrogens with zero attached hydrogens (tertiary/aromatic N) is 3. The van der Waals surface area contributed by atoms with Crippen LogP contribution in [0.3, 0.4) is 0 Å². The lowest BCUT2D eigenvalue weighted by Crippen LogP contribution is -1.98. The molecule has 106 valence electrons. The molecule has 0 saturated carbocycles. The van der Waals surface area contributed by atoms with Gasteiger partial charge in [0.15, 0.2) is 5.15 Å². The van der Waals surface area contributed by atoms with Gasteiger partial charge in [-0.25, -0.2) is 9.97 Å². The van der Waals surface area contributed by atoms with Gasteiger partial charge in [0.2, 0.25) is 0 Å². The molecule has 3 rings (SSSR count). The normalized spacial score (nSPS) is 10.6. The predicted molar refractivity (Wildman–Crippen MR) is 86.1 cm³/mol. The number of pyridine rings is 1. The van der Waals surface area contributed by atoms with Gasteiger partial charge >= 0.3 is 0 Å². The van der Waals surface area contributed by atoms with Crippen molar-refractivity contribution in [3.05, 3.63) is 58.5 Å². The third-order valence-electron chi connectivity index (χ3n) is 3.04. The van der Waals surface area contributed by atoms with Crippen LogP contribution in [0.25, 0.3) is 17.1 Å². The van der Waals surface area contributed by atoms with E-state index >= 15 is 0 Å². The summed E-state index contributed by atoms with van der Waals surface area (Å²) in [5, 5.41) is 0.435. The van der Waals surface area contributed by atoms with Crippen molar-refractivity contribution >= 4 is 27.5 Å². The number of ether oxygens (including phenoxy) is 1. The molecule has 0 saturated heterocycles. The van der Waals surface area contributed by atoms with Gasteiger partial charge in [-0.3, -0.25) is 4.57 Å². The number of methoxy groups -OCH3 is 1. The zero-order valence-corrected chi connectivity index (χ0v) is 13.5. The molecule has 3 aromatic rings. The third-order valence-corrected chi connectivity index (χ3v) is 3.79. The Morgan fingerprint density at radius 3 is 2.48 bits per heavy atom. The second-order valence-corrected chi connectivity index (χ2v) is 5.59. The van der Waals surface area contributed by atoms with Gasteiger partial charge in [-0.1, -0.05) is 11.6 Å². The van der Waals surface area contributed by atoms with Gasteiger partial charge in [0.1, 0.15) is 17.9 Å². The minimum absolute atomic E-state index is 0.435. The van der Waals surface area contributed by atoms with Gasteiger partial charge in [0, 0.05) is 16.2 Å². The quantitative estimate of drug-likeness (QED) is 0.693. The van der Waals surface area contributed by atoms with Crippen LogP contribution in [0.1, 0.15) is 0 Å². The number of rotatable bonds is 3. The van der Waals surface area contributed by atoms with Gasteiger partial charge in [0.05, 0.1) is 12.8 Å². The number of benzene rings is 1. The van der Waals surface area contributed by atoms with E-state index in [2.05, 4.69) is 25.9 Å². The van der Waals surface area contributed by atoms with E-state index < -0.39 is 0 Å². The zero-order valence-electron chi connectivity index (χ0n) is 11.1. The van der Waals surface area contributed by atoms with Gasteiger partial charge in [-0.2, -0.15) is 0 Å². The third kappa shape index (κ3) is 2.80. The summed E-state index contributed by atoms with van der Waals surface area (Å²) in [5.41, 5.74) is 1.75. The van der Waals surface area contributed by atoms with Gasteiger partial charge in [-0.15, -0.1) is 0 Å². The van der Waals surface area contributed by atoms with Crippen LogP contribution in [0.15, 0.2) is 53.4 Å². The van der Waals surface area contributed by atoms with Crippen molar-refractivity contribution in [1.29, 1.82) is 0 Å². The van der Waals surface area contributed by atoms with E-state index in [0.29, 0.717) is 5.15 Å². The average Bonchev–Trinajstić information content (AvgIpc) is 2.90. The van der Waals surface area contributed by atoms with Crippen LogP contribution >= 0.6 is 27.5 Å². The van der Waals surface area contributed by atoms with E-state index in [0.717, 1.165) is 27.3 Å². The molecule has 4 nitrogen and oxygen atoms in total. The molecule has 0 radical (unpaired) electrons. The summed E-state index contributed by atoms with van der Waals surface area (Å²) in [7, 11) is 1.64.